The van der Waals surface area contributed by atoms with E-state index < -0.39 is 51.8 Å². The van der Waals surface area contributed by atoms with Crippen LogP contribution in [0.25, 0.3) is 0 Å². The lowest BCUT2D eigenvalue weighted by atomic mass is 9.71. The summed E-state index contributed by atoms with van der Waals surface area (Å²) in [7, 11) is 0. The Labute approximate surface area is 228 Å². The van der Waals surface area contributed by atoms with E-state index in [1.165, 1.54) is 12.1 Å². The number of ether oxygens (including phenoxy) is 1. The molecule has 1 fully saturated rings. The minimum absolute atomic E-state index is 0.0291. The van der Waals surface area contributed by atoms with E-state index in [4.69, 9.17) is 0 Å². The number of quaternary nitrogens is 1. The fourth-order valence-electron chi connectivity index (χ4n) is 5.21. The first kappa shape index (κ1) is 30.7. The van der Waals surface area contributed by atoms with Crippen molar-refractivity contribution in [3.63, 3.8) is 0 Å². The van der Waals surface area contributed by atoms with Crippen molar-refractivity contribution in [2.45, 2.75) is 43.7 Å². The Morgan fingerprint density at radius 2 is 1.05 bits per heavy atom. The van der Waals surface area contributed by atoms with Crippen LogP contribution in [0.2, 0.25) is 0 Å². The average Bonchev–Trinajstić information content (AvgIpc) is 2.88. The van der Waals surface area contributed by atoms with Crippen molar-refractivity contribution in [1.82, 2.24) is 0 Å². The van der Waals surface area contributed by atoms with E-state index in [9.17, 15) is 49.8 Å². The summed E-state index contributed by atoms with van der Waals surface area (Å²) in [5.41, 5.74) is -3.45. The van der Waals surface area contributed by atoms with E-state index in [2.05, 4.69) is 4.74 Å². The minimum atomic E-state index is -4.87. The van der Waals surface area contributed by atoms with Gasteiger partial charge in [-0.15, -0.1) is 13.2 Å². The van der Waals surface area contributed by atoms with Gasteiger partial charge in [0, 0.05) is 24.3 Å². The highest BCUT2D eigenvalue weighted by atomic mass is 19.4. The molecule has 0 atom stereocenters. The van der Waals surface area contributed by atoms with Crippen LogP contribution in [0, 0.1) is 11.1 Å². The lowest BCUT2D eigenvalue weighted by Crippen LogP contribution is -2.51. The van der Waals surface area contributed by atoms with Gasteiger partial charge >= 0.3 is 18.7 Å². The maximum atomic E-state index is 13.5. The van der Waals surface area contributed by atoms with Crippen LogP contribution in [0.1, 0.15) is 40.7 Å². The molecule has 0 saturated carbocycles. The molecule has 0 radical (unpaired) electrons. The molecule has 13 heteroatoms. The summed E-state index contributed by atoms with van der Waals surface area (Å²) in [5.74, 6) is -1.19. The van der Waals surface area contributed by atoms with Crippen LogP contribution in [0.15, 0.2) is 72.8 Å². The molecule has 1 N–H and O–H groups in total. The van der Waals surface area contributed by atoms with Gasteiger partial charge in [-0.1, -0.05) is 24.3 Å². The van der Waals surface area contributed by atoms with Crippen molar-refractivity contribution in [2.24, 2.45) is 5.92 Å². The van der Waals surface area contributed by atoms with Gasteiger partial charge in [0.15, 0.2) is 0 Å². The number of rotatable bonds is 6. The second-order valence-corrected chi connectivity index (χ2v) is 10.0. The average molecular weight is 593 g/mol. The van der Waals surface area contributed by atoms with Crippen LogP contribution < -0.4 is 4.74 Å². The van der Waals surface area contributed by atoms with Gasteiger partial charge in [-0.3, -0.25) is 0 Å². The summed E-state index contributed by atoms with van der Waals surface area (Å²) in [5, 5.41) is 25.4. The van der Waals surface area contributed by atoms with Gasteiger partial charge in [0.25, 0.3) is 0 Å². The fourth-order valence-corrected chi connectivity index (χ4v) is 5.21. The van der Waals surface area contributed by atoms with Crippen LogP contribution >= 0.6 is 0 Å². The van der Waals surface area contributed by atoms with Crippen molar-refractivity contribution in [1.29, 1.82) is 0 Å². The van der Waals surface area contributed by atoms with Gasteiger partial charge in [0.2, 0.25) is 0 Å². The van der Waals surface area contributed by atoms with Crippen molar-refractivity contribution >= 4 is 0 Å². The van der Waals surface area contributed by atoms with Crippen molar-refractivity contribution in [2.75, 3.05) is 13.1 Å². The standard InChI is InChI=1S/C28H24F9NO3/c29-26(30,31)22-7-3-19(4-8-22)25(39,20-5-9-23(10-6-20)27(32,33)34)21-13-15-38(40,16-14-21)17-18-1-11-24(12-2-18)41-28(35,36)37/h1-12,21,39H,13-17H2. The monoisotopic (exact) mass is 593 g/mol. The Hall–Kier alpha value is -3.29. The van der Waals surface area contributed by atoms with Crippen LogP contribution in [0.4, 0.5) is 39.5 Å². The van der Waals surface area contributed by atoms with Crippen LogP contribution in [0.5, 0.6) is 5.75 Å². The van der Waals surface area contributed by atoms with Gasteiger partial charge in [-0.25, -0.2) is 0 Å². The summed E-state index contributed by atoms with van der Waals surface area (Å²) in [6, 6.07) is 12.2. The zero-order valence-electron chi connectivity index (χ0n) is 21.2. The molecule has 0 amide bonds. The van der Waals surface area contributed by atoms with Gasteiger partial charge in [-0.2, -0.15) is 26.3 Å². The molecular formula is C28H24F9NO3. The molecule has 3 aromatic rings. The number of piperidine rings is 1. The molecule has 1 saturated heterocycles. The molecule has 1 heterocycles. The van der Waals surface area contributed by atoms with E-state index in [1.807, 2.05) is 0 Å². The highest BCUT2D eigenvalue weighted by Gasteiger charge is 2.45. The molecule has 0 aromatic heterocycles. The topological polar surface area (TPSA) is 52.5 Å². The van der Waals surface area contributed by atoms with Gasteiger partial charge in [0.05, 0.1) is 24.2 Å². The number of hydrogen-bond acceptors (Lipinski definition) is 3. The van der Waals surface area contributed by atoms with Gasteiger partial charge in [-0.05, 0) is 59.7 Å². The van der Waals surface area contributed by atoms with Crippen molar-refractivity contribution < 1.29 is 54.0 Å². The molecule has 0 bridgehead atoms. The number of nitrogens with zero attached hydrogens (tertiary/aromatic N) is 1. The molecule has 4 rings (SSSR count). The predicted molar refractivity (Wildman–Crippen MR) is 129 cm³/mol. The third-order valence-corrected chi connectivity index (χ3v) is 7.29. The highest BCUT2D eigenvalue weighted by Crippen LogP contribution is 2.45. The van der Waals surface area contributed by atoms with E-state index in [0.717, 1.165) is 60.7 Å². The van der Waals surface area contributed by atoms with E-state index >= 15 is 0 Å². The third-order valence-electron chi connectivity index (χ3n) is 7.29. The first-order valence-corrected chi connectivity index (χ1v) is 12.4. The zero-order valence-corrected chi connectivity index (χ0v) is 21.2. The number of halogens is 9. The number of aliphatic hydroxyl groups is 1. The molecule has 1 aliphatic heterocycles. The van der Waals surface area contributed by atoms with Crippen molar-refractivity contribution in [3.8, 4) is 5.75 Å². The summed E-state index contributed by atoms with van der Waals surface area (Å²) in [6.07, 6.45) is -14.0. The molecule has 0 spiro atoms. The number of hydrogen-bond donors (Lipinski definition) is 1. The molecule has 0 unspecified atom stereocenters. The number of likely N-dealkylation sites (tertiary alicyclic amines) is 1. The first-order chi connectivity index (χ1) is 18.9. The van der Waals surface area contributed by atoms with E-state index in [0.29, 0.717) is 5.56 Å². The largest absolute Gasteiger partial charge is 0.633 e. The summed E-state index contributed by atoms with van der Waals surface area (Å²) in [4.78, 5) is 0. The first-order valence-electron chi connectivity index (χ1n) is 12.4. The number of hydroxylamine groups is 3. The molecule has 4 nitrogen and oxygen atoms in total. The Morgan fingerprint density at radius 3 is 1.41 bits per heavy atom. The minimum Gasteiger partial charge on any atom is -0.633 e. The Kier molecular flexibility index (Phi) is 8.11. The molecule has 1 aliphatic rings. The Balaban J connectivity index is 1.58. The second-order valence-electron chi connectivity index (χ2n) is 10.0. The Morgan fingerprint density at radius 1 is 0.659 bits per heavy atom. The highest BCUT2D eigenvalue weighted by molar-refractivity contribution is 5.40. The summed E-state index contributed by atoms with van der Waals surface area (Å²) >= 11 is 0. The second kappa shape index (κ2) is 10.8. The van der Waals surface area contributed by atoms with Crippen molar-refractivity contribution in [3.05, 3.63) is 106 Å². The van der Waals surface area contributed by atoms with E-state index in [1.54, 1.807) is 0 Å². The third kappa shape index (κ3) is 7.14. The molecule has 0 aliphatic carbocycles. The van der Waals surface area contributed by atoms with Crippen LogP contribution in [0.3, 0.4) is 0 Å². The zero-order chi connectivity index (χ0) is 30.3. The molecule has 222 valence electrons. The smallest absolute Gasteiger partial charge is 0.573 e. The lowest BCUT2D eigenvalue weighted by molar-refractivity contribution is -0.900. The van der Waals surface area contributed by atoms with Gasteiger partial charge in [0.1, 0.15) is 17.9 Å². The summed E-state index contributed by atoms with van der Waals surface area (Å²) < 4.78 is 119. The van der Waals surface area contributed by atoms with Gasteiger partial charge < -0.3 is 19.7 Å². The van der Waals surface area contributed by atoms with Crippen LogP contribution in [-0.4, -0.2) is 29.2 Å². The number of benzene rings is 3. The molecule has 41 heavy (non-hydrogen) atoms. The SMILES string of the molecule is [O-][N+]1(Cc2ccc(OC(F)(F)F)cc2)CCC(C(O)(c2ccc(C(F)(F)F)cc2)c2ccc(C(F)(F)F)cc2)CC1. The summed E-state index contributed by atoms with van der Waals surface area (Å²) in [6.45, 7) is -0.220. The normalized spacial score (nSPS) is 20.6. The maximum absolute atomic E-state index is 13.5. The Bertz CT molecular complexity index is 1250. The molecule has 3 aromatic carbocycles. The molecular weight excluding hydrogens is 569 g/mol. The lowest BCUT2D eigenvalue weighted by Gasteiger charge is -2.50. The maximum Gasteiger partial charge on any atom is 0.573 e. The quantitative estimate of drug-likeness (QED) is 0.180. The predicted octanol–water partition coefficient (Wildman–Crippen LogP) is 7.78. The van der Waals surface area contributed by atoms with E-state index in [-0.39, 0.29) is 43.6 Å². The fraction of sp³-hybridized carbons (Fsp3) is 0.357. The van der Waals surface area contributed by atoms with Crippen LogP contribution in [-0.2, 0) is 24.5 Å². The number of alkyl halides is 9.